The van der Waals surface area contributed by atoms with Crippen molar-refractivity contribution < 1.29 is 33.3 Å². The second-order valence-corrected chi connectivity index (χ2v) is 18.9. The molecule has 0 bridgehead atoms. The van der Waals surface area contributed by atoms with Crippen molar-refractivity contribution in [1.82, 2.24) is 10.6 Å². The van der Waals surface area contributed by atoms with Gasteiger partial charge in [-0.3, -0.25) is 10.6 Å². The van der Waals surface area contributed by atoms with E-state index in [2.05, 4.69) is 70.7 Å². The Morgan fingerprint density at radius 3 is 1.46 bits per heavy atom. The maximum Gasteiger partial charge on any atom is 0.414 e. The highest BCUT2D eigenvalue weighted by atomic mass is 28.4. The van der Waals surface area contributed by atoms with Gasteiger partial charge in [-0.05, 0) is 37.6 Å². The number of azide groups is 1. The average molecular weight is 815 g/mol. The predicted molar refractivity (Wildman–Crippen MR) is 229 cm³/mol. The summed E-state index contributed by atoms with van der Waals surface area (Å²) in [4.78, 5) is 34.1. The minimum absolute atomic E-state index is 0.0443. The Kier molecular flexibility index (Phi) is 16.4. The number of rotatable bonds is 17. The van der Waals surface area contributed by atoms with E-state index in [0.717, 1.165) is 27.1 Å². The number of carbonyl (C=O) groups is 2. The van der Waals surface area contributed by atoms with E-state index in [4.69, 9.17) is 18.6 Å². The molecule has 0 aliphatic carbocycles. The third kappa shape index (κ3) is 12.6. The van der Waals surface area contributed by atoms with Crippen molar-refractivity contribution in [2.75, 3.05) is 13.2 Å². The minimum atomic E-state index is -3.15. The minimum Gasteiger partial charge on any atom is -0.444 e. The fourth-order valence-electron chi connectivity index (χ4n) is 6.67. The van der Waals surface area contributed by atoms with Crippen molar-refractivity contribution in [1.29, 1.82) is 0 Å². The number of amides is 2. The van der Waals surface area contributed by atoms with Crippen molar-refractivity contribution in [3.8, 4) is 0 Å². The van der Waals surface area contributed by atoms with E-state index in [0.29, 0.717) is 0 Å². The zero-order valence-electron chi connectivity index (χ0n) is 33.4. The van der Waals surface area contributed by atoms with Crippen LogP contribution in [-0.4, -0.2) is 63.0 Å². The number of carbonyl (C=O) groups excluding carboxylic acids is 2. The Hall–Kier alpha value is -6.28. The molecule has 14 heteroatoms. The van der Waals surface area contributed by atoms with Crippen LogP contribution in [0.4, 0.5) is 9.59 Å². The summed E-state index contributed by atoms with van der Waals surface area (Å²) in [7, 11) is -3.15. The summed E-state index contributed by atoms with van der Waals surface area (Å²) in [5, 5.41) is 21.8. The van der Waals surface area contributed by atoms with E-state index in [-0.39, 0.29) is 32.4 Å². The van der Waals surface area contributed by atoms with Gasteiger partial charge in [0.2, 0.25) is 5.96 Å². The Labute approximate surface area is 345 Å². The standard InChI is InChI=1S/C45H50N6O7Si/c1-45(2,3)59(37-25-15-7-16-26-37,38-27-17-8-18-28-38)58-33-40(50-51-46)41(55-30-34-19-9-4-10-20-34)39(29-52)47-42(48-43(53)56-31-35-21-11-5-12-22-35)49-44(54)57-32-36-23-13-6-14-24-36/h4-28,39-41,52H,29-33H2,1-3H3,(H2,47,48,49,53,54)/t39-,40+,41-/m0/s1. The lowest BCUT2D eigenvalue weighted by Crippen LogP contribution is -2.67. The molecule has 13 nitrogen and oxygen atoms in total. The normalized spacial score (nSPS) is 12.8. The van der Waals surface area contributed by atoms with Crippen LogP contribution in [0.15, 0.2) is 162 Å². The van der Waals surface area contributed by atoms with Crippen LogP contribution in [0, 0.1) is 0 Å². The zero-order valence-corrected chi connectivity index (χ0v) is 34.4. The second-order valence-electron chi connectivity index (χ2n) is 14.6. The third-order valence-corrected chi connectivity index (χ3v) is 14.5. The molecule has 0 aromatic heterocycles. The maximum atomic E-state index is 13.2. The first-order chi connectivity index (χ1) is 28.6. The molecule has 0 saturated heterocycles. The molecule has 306 valence electrons. The fraction of sp³-hybridized carbons (Fsp3) is 0.267. The first-order valence-corrected chi connectivity index (χ1v) is 21.1. The maximum absolute atomic E-state index is 13.2. The van der Waals surface area contributed by atoms with Crippen molar-refractivity contribution in [3.63, 3.8) is 0 Å². The van der Waals surface area contributed by atoms with Gasteiger partial charge in [-0.1, -0.05) is 178 Å². The van der Waals surface area contributed by atoms with Gasteiger partial charge in [0, 0.05) is 11.5 Å². The fourth-order valence-corrected chi connectivity index (χ4v) is 11.2. The van der Waals surface area contributed by atoms with E-state index in [1.165, 1.54) is 0 Å². The van der Waals surface area contributed by atoms with Crippen LogP contribution >= 0.6 is 0 Å². The molecule has 59 heavy (non-hydrogen) atoms. The Morgan fingerprint density at radius 1 is 0.661 bits per heavy atom. The number of benzene rings is 5. The largest absolute Gasteiger partial charge is 0.444 e. The summed E-state index contributed by atoms with van der Waals surface area (Å²) in [5.41, 5.74) is 12.3. The highest BCUT2D eigenvalue weighted by Crippen LogP contribution is 2.37. The number of ether oxygens (including phenoxy) is 3. The lowest BCUT2D eigenvalue weighted by Gasteiger charge is -2.44. The number of guanidine groups is 1. The predicted octanol–water partition coefficient (Wildman–Crippen LogP) is 7.40. The average Bonchev–Trinajstić information content (AvgIpc) is 3.26. The number of nitrogens with one attached hydrogen (secondary N) is 2. The van der Waals surface area contributed by atoms with Crippen molar-refractivity contribution in [3.05, 3.63) is 179 Å². The van der Waals surface area contributed by atoms with E-state index < -0.39 is 50.3 Å². The smallest absolute Gasteiger partial charge is 0.414 e. The van der Waals surface area contributed by atoms with Gasteiger partial charge in [0.05, 0.1) is 25.4 Å². The van der Waals surface area contributed by atoms with Gasteiger partial charge in [-0.15, -0.1) is 0 Å². The van der Waals surface area contributed by atoms with Gasteiger partial charge in [-0.25, -0.2) is 14.6 Å². The van der Waals surface area contributed by atoms with Crippen molar-refractivity contribution in [2.24, 2.45) is 10.1 Å². The first kappa shape index (κ1) is 43.8. The molecular formula is C45H50N6O7Si. The van der Waals surface area contributed by atoms with Gasteiger partial charge in [-0.2, -0.15) is 0 Å². The molecule has 0 saturated carbocycles. The van der Waals surface area contributed by atoms with Crippen LogP contribution < -0.4 is 21.0 Å². The number of aliphatic hydroxyl groups excluding tert-OH is 1. The summed E-state index contributed by atoms with van der Waals surface area (Å²) in [6.07, 6.45) is -3.01. The monoisotopic (exact) mass is 814 g/mol. The summed E-state index contributed by atoms with van der Waals surface area (Å²) >= 11 is 0. The molecule has 0 spiro atoms. The third-order valence-electron chi connectivity index (χ3n) is 9.48. The lowest BCUT2D eigenvalue weighted by atomic mass is 10.0. The lowest BCUT2D eigenvalue weighted by molar-refractivity contribution is -0.0137. The van der Waals surface area contributed by atoms with E-state index >= 15 is 0 Å². The first-order valence-electron chi connectivity index (χ1n) is 19.2. The number of hydrogen-bond donors (Lipinski definition) is 3. The van der Waals surface area contributed by atoms with Crippen LogP contribution in [0.2, 0.25) is 5.04 Å². The molecule has 0 unspecified atom stereocenters. The van der Waals surface area contributed by atoms with Crippen LogP contribution in [0.1, 0.15) is 37.5 Å². The number of aliphatic hydroxyl groups is 1. The molecule has 0 aliphatic rings. The molecule has 0 heterocycles. The van der Waals surface area contributed by atoms with Gasteiger partial charge >= 0.3 is 12.2 Å². The molecule has 5 aromatic rings. The number of nitrogens with zero attached hydrogens (tertiary/aromatic N) is 4. The van der Waals surface area contributed by atoms with E-state index in [1.54, 1.807) is 24.3 Å². The summed E-state index contributed by atoms with van der Waals surface area (Å²) in [6, 6.07) is 45.1. The molecule has 0 aliphatic heterocycles. The van der Waals surface area contributed by atoms with Gasteiger partial charge < -0.3 is 23.7 Å². The Morgan fingerprint density at radius 2 is 1.07 bits per heavy atom. The Bertz CT molecular complexity index is 2020. The van der Waals surface area contributed by atoms with Gasteiger partial charge in [0.15, 0.2) is 0 Å². The second kappa shape index (κ2) is 22.0. The van der Waals surface area contributed by atoms with Gasteiger partial charge in [0.1, 0.15) is 19.3 Å². The molecule has 2 amide bonds. The van der Waals surface area contributed by atoms with Gasteiger partial charge in [0.25, 0.3) is 8.32 Å². The molecule has 5 rings (SSSR count). The summed E-state index contributed by atoms with van der Waals surface area (Å²) in [5.74, 6) is -0.388. The van der Waals surface area contributed by atoms with Crippen LogP contribution in [0.25, 0.3) is 10.4 Å². The Balaban J connectivity index is 1.51. The summed E-state index contributed by atoms with van der Waals surface area (Å²) in [6.45, 7) is 5.52. The number of aliphatic imine (C=N–C) groups is 1. The molecule has 3 atom stereocenters. The number of hydrogen-bond acceptors (Lipinski definition) is 9. The summed E-state index contributed by atoms with van der Waals surface area (Å²) < 4.78 is 24.5. The number of alkyl carbamates (subject to hydrolysis) is 2. The van der Waals surface area contributed by atoms with Crippen molar-refractivity contribution >= 4 is 36.8 Å². The van der Waals surface area contributed by atoms with Crippen LogP contribution in [-0.2, 0) is 38.5 Å². The molecule has 5 aromatic carbocycles. The van der Waals surface area contributed by atoms with E-state index in [1.807, 2.05) is 103 Å². The quantitative estimate of drug-likeness (QED) is 0.0219. The highest BCUT2D eigenvalue weighted by molar-refractivity contribution is 6.99. The van der Waals surface area contributed by atoms with Crippen LogP contribution in [0.3, 0.4) is 0 Å². The van der Waals surface area contributed by atoms with Crippen LogP contribution in [0.5, 0.6) is 0 Å². The molecule has 3 N–H and O–H groups in total. The molecule has 0 fully saturated rings. The molecule has 0 radical (unpaired) electrons. The SMILES string of the molecule is CC(C)(C)[Si](OC[C@@H](N=[N+]=[N-])[C@@H](OCc1ccccc1)[C@H](CO)N=C(NC(=O)OCc1ccccc1)NC(=O)OCc1ccccc1)(c1ccccc1)c1ccccc1. The van der Waals surface area contributed by atoms with Crippen molar-refractivity contribution in [2.45, 2.75) is 63.8 Å². The topological polar surface area (TPSA) is 176 Å². The highest BCUT2D eigenvalue weighted by Gasteiger charge is 2.51. The zero-order chi connectivity index (χ0) is 41.9. The molecular weight excluding hydrogens is 765 g/mol. The van der Waals surface area contributed by atoms with E-state index in [9.17, 15) is 20.2 Å².